The van der Waals surface area contributed by atoms with E-state index in [4.69, 9.17) is 4.42 Å². The van der Waals surface area contributed by atoms with Gasteiger partial charge in [0.1, 0.15) is 11.1 Å². The van der Waals surface area contributed by atoms with Crippen LogP contribution in [0, 0.1) is 0 Å². The van der Waals surface area contributed by atoms with Crippen LogP contribution in [0.3, 0.4) is 0 Å². The van der Waals surface area contributed by atoms with E-state index in [1.165, 1.54) is 15.0 Å². The van der Waals surface area contributed by atoms with Crippen molar-refractivity contribution in [3.8, 4) is 11.4 Å². The summed E-state index contributed by atoms with van der Waals surface area (Å²) in [6.45, 7) is 4.25. The van der Waals surface area contributed by atoms with Crippen LogP contribution in [0.1, 0.15) is 24.3 Å². The Balaban J connectivity index is 2.13. The molecule has 0 radical (unpaired) electrons. The molecule has 6 nitrogen and oxygen atoms in total. The number of nitrogens with zero attached hydrogens (tertiary/aromatic N) is 3. The van der Waals surface area contributed by atoms with Gasteiger partial charge in [0.2, 0.25) is 0 Å². The fourth-order valence-corrected chi connectivity index (χ4v) is 3.99. The van der Waals surface area contributed by atoms with Crippen LogP contribution in [0.5, 0.6) is 0 Å². The predicted molar refractivity (Wildman–Crippen MR) is 85.4 cm³/mol. The molecule has 0 bridgehead atoms. The minimum atomic E-state index is -0.267. The van der Waals surface area contributed by atoms with Crippen molar-refractivity contribution < 1.29 is 4.42 Å². The van der Waals surface area contributed by atoms with Gasteiger partial charge in [-0.15, -0.1) is 16.4 Å². The van der Waals surface area contributed by atoms with Gasteiger partial charge in [0.15, 0.2) is 11.5 Å². The second-order valence-corrected chi connectivity index (χ2v) is 6.13. The highest BCUT2D eigenvalue weighted by Crippen LogP contribution is 2.33. The first-order chi connectivity index (χ1) is 10.7. The van der Waals surface area contributed by atoms with Crippen molar-refractivity contribution in [2.45, 2.75) is 26.7 Å². The number of thiophene rings is 1. The molecule has 4 heterocycles. The number of furan rings is 1. The monoisotopic (exact) mass is 314 g/mol. The topological polar surface area (TPSA) is 76.2 Å². The largest absolute Gasteiger partial charge is 0.472 e. The standard InChI is InChI=1S/C15H14N4O2S/c1-3-9-10(4-2)22-14-11(9)13-16-12(8-5-6-21-7-8)18-19(13)15(20)17-14/h5-7H,3-4H2,1-2H3,(H,17,20). The smallest absolute Gasteiger partial charge is 0.349 e. The molecule has 0 amide bonds. The molecule has 0 saturated carbocycles. The van der Waals surface area contributed by atoms with Crippen molar-refractivity contribution in [3.63, 3.8) is 0 Å². The highest BCUT2D eigenvalue weighted by atomic mass is 32.1. The summed E-state index contributed by atoms with van der Waals surface area (Å²) < 4.78 is 6.42. The van der Waals surface area contributed by atoms with E-state index in [2.05, 4.69) is 28.9 Å². The average Bonchev–Trinajstić information content (AvgIpc) is 3.23. The SMILES string of the molecule is CCc1sc2[nH]c(=O)n3nc(-c4ccoc4)nc3c2c1CC. The first-order valence-electron chi connectivity index (χ1n) is 7.18. The third-order valence-corrected chi connectivity index (χ3v) is 5.08. The molecule has 22 heavy (non-hydrogen) atoms. The van der Waals surface area contributed by atoms with Crippen molar-refractivity contribution in [2.24, 2.45) is 0 Å². The predicted octanol–water partition coefficient (Wildman–Crippen LogP) is 3.02. The fourth-order valence-electron chi connectivity index (χ4n) is 2.78. The van der Waals surface area contributed by atoms with E-state index in [1.54, 1.807) is 29.9 Å². The second-order valence-electron chi connectivity index (χ2n) is 5.03. The Morgan fingerprint density at radius 1 is 1.36 bits per heavy atom. The Kier molecular flexibility index (Phi) is 2.90. The quantitative estimate of drug-likeness (QED) is 0.630. The van der Waals surface area contributed by atoms with Gasteiger partial charge in [0.25, 0.3) is 0 Å². The number of nitrogens with one attached hydrogen (secondary N) is 1. The summed E-state index contributed by atoms with van der Waals surface area (Å²) in [6.07, 6.45) is 4.99. The molecular formula is C15H14N4O2S. The lowest BCUT2D eigenvalue weighted by atomic mass is 10.1. The van der Waals surface area contributed by atoms with Crippen LogP contribution in [-0.2, 0) is 12.8 Å². The first-order valence-corrected chi connectivity index (χ1v) is 8.00. The number of aromatic amines is 1. The Morgan fingerprint density at radius 2 is 2.23 bits per heavy atom. The molecule has 0 saturated heterocycles. The van der Waals surface area contributed by atoms with Gasteiger partial charge in [-0.3, -0.25) is 4.98 Å². The number of rotatable bonds is 3. The molecule has 0 aliphatic carbocycles. The number of hydrogen-bond donors (Lipinski definition) is 1. The van der Waals surface area contributed by atoms with Gasteiger partial charge in [0.05, 0.1) is 17.2 Å². The number of hydrogen-bond acceptors (Lipinski definition) is 5. The van der Waals surface area contributed by atoms with E-state index < -0.39 is 0 Å². The summed E-state index contributed by atoms with van der Waals surface area (Å²) in [4.78, 5) is 21.9. The maximum absolute atomic E-state index is 12.3. The molecule has 0 unspecified atom stereocenters. The van der Waals surface area contributed by atoms with Crippen molar-refractivity contribution in [3.05, 3.63) is 39.5 Å². The maximum atomic E-state index is 12.3. The normalized spacial score (nSPS) is 11.7. The van der Waals surface area contributed by atoms with Gasteiger partial charge < -0.3 is 4.42 Å². The third kappa shape index (κ3) is 1.75. The van der Waals surface area contributed by atoms with Gasteiger partial charge in [-0.25, -0.2) is 9.78 Å². The summed E-state index contributed by atoms with van der Waals surface area (Å²) in [5.74, 6) is 0.498. The van der Waals surface area contributed by atoms with Crippen molar-refractivity contribution >= 4 is 27.2 Å². The summed E-state index contributed by atoms with van der Waals surface area (Å²) >= 11 is 1.63. The highest BCUT2D eigenvalue weighted by Gasteiger charge is 2.18. The maximum Gasteiger partial charge on any atom is 0.349 e. The van der Waals surface area contributed by atoms with Crippen molar-refractivity contribution in [1.29, 1.82) is 0 Å². The summed E-state index contributed by atoms with van der Waals surface area (Å²) in [5.41, 5.74) is 2.36. The van der Waals surface area contributed by atoms with Crippen LogP contribution in [0.4, 0.5) is 0 Å². The van der Waals surface area contributed by atoms with Gasteiger partial charge >= 0.3 is 5.69 Å². The fraction of sp³-hybridized carbons (Fsp3) is 0.267. The summed E-state index contributed by atoms with van der Waals surface area (Å²) in [7, 11) is 0. The molecule has 0 aromatic carbocycles. The Hall–Kier alpha value is -2.41. The van der Waals surface area contributed by atoms with Gasteiger partial charge in [0, 0.05) is 4.88 Å². The molecular weight excluding hydrogens is 300 g/mol. The van der Waals surface area contributed by atoms with Gasteiger partial charge in [-0.1, -0.05) is 13.8 Å². The summed E-state index contributed by atoms with van der Waals surface area (Å²) in [5, 5.41) is 5.33. The second kappa shape index (κ2) is 4.81. The average molecular weight is 314 g/mol. The molecule has 0 aliphatic rings. The molecule has 0 atom stereocenters. The first kappa shape index (κ1) is 13.3. The minimum absolute atomic E-state index is 0.267. The molecule has 4 aromatic rings. The molecule has 7 heteroatoms. The number of aryl methyl sites for hydroxylation is 2. The molecule has 0 spiro atoms. The van der Waals surface area contributed by atoms with E-state index >= 15 is 0 Å². The number of H-pyrrole nitrogens is 1. The van der Waals surface area contributed by atoms with Crippen molar-refractivity contribution in [1.82, 2.24) is 19.6 Å². The van der Waals surface area contributed by atoms with E-state index in [1.807, 2.05) is 0 Å². The zero-order valence-electron chi connectivity index (χ0n) is 12.2. The van der Waals surface area contributed by atoms with Crippen LogP contribution in [0.15, 0.2) is 27.8 Å². The number of aromatic nitrogens is 4. The van der Waals surface area contributed by atoms with E-state index in [0.717, 1.165) is 28.6 Å². The lowest BCUT2D eigenvalue weighted by Gasteiger charge is -1.98. The molecule has 4 aromatic heterocycles. The lowest BCUT2D eigenvalue weighted by molar-refractivity contribution is 0.568. The Morgan fingerprint density at radius 3 is 2.91 bits per heavy atom. The van der Waals surface area contributed by atoms with Crippen LogP contribution < -0.4 is 5.69 Å². The van der Waals surface area contributed by atoms with Crippen LogP contribution in [-0.4, -0.2) is 19.6 Å². The molecule has 0 aliphatic heterocycles. The third-order valence-electron chi connectivity index (χ3n) is 3.79. The van der Waals surface area contributed by atoms with E-state index in [9.17, 15) is 4.79 Å². The molecule has 4 rings (SSSR count). The molecule has 112 valence electrons. The van der Waals surface area contributed by atoms with E-state index in [0.29, 0.717) is 11.5 Å². The molecule has 0 fully saturated rings. The lowest BCUT2D eigenvalue weighted by Crippen LogP contribution is -2.17. The van der Waals surface area contributed by atoms with Crippen LogP contribution in [0.2, 0.25) is 0 Å². The summed E-state index contributed by atoms with van der Waals surface area (Å²) in [6, 6.07) is 1.78. The zero-order chi connectivity index (χ0) is 15.3. The van der Waals surface area contributed by atoms with Crippen LogP contribution in [0.25, 0.3) is 27.3 Å². The minimum Gasteiger partial charge on any atom is -0.472 e. The van der Waals surface area contributed by atoms with Crippen LogP contribution >= 0.6 is 11.3 Å². The highest BCUT2D eigenvalue weighted by molar-refractivity contribution is 7.19. The zero-order valence-corrected chi connectivity index (χ0v) is 13.0. The van der Waals surface area contributed by atoms with Crippen molar-refractivity contribution in [2.75, 3.05) is 0 Å². The molecule has 1 N–H and O–H groups in total. The number of fused-ring (bicyclic) bond motifs is 3. The van der Waals surface area contributed by atoms with E-state index in [-0.39, 0.29) is 5.69 Å². The Labute approximate surface area is 129 Å². The van der Waals surface area contributed by atoms with Gasteiger partial charge in [-0.05, 0) is 24.5 Å². The Bertz CT molecular complexity index is 1020. The van der Waals surface area contributed by atoms with Gasteiger partial charge in [-0.2, -0.15) is 4.52 Å².